The fourth-order valence-corrected chi connectivity index (χ4v) is 4.00. The molecule has 0 aromatic carbocycles. The van der Waals surface area contributed by atoms with E-state index < -0.39 is 17.7 Å². The van der Waals surface area contributed by atoms with Crippen molar-refractivity contribution < 1.29 is 18.8 Å². The van der Waals surface area contributed by atoms with Crippen LogP contribution >= 0.6 is 0 Å². The number of aryl methyl sites for hydroxylation is 2. The molecular formula is C23H33N5O4. The Labute approximate surface area is 188 Å². The number of anilines is 1. The minimum absolute atomic E-state index is 0.0428. The molecule has 3 rings (SSSR count). The molecule has 0 saturated heterocycles. The maximum Gasteiger partial charge on any atom is 0.408 e. The quantitative estimate of drug-likeness (QED) is 0.702. The zero-order chi connectivity index (χ0) is 23.5. The number of hydrogen-bond acceptors (Lipinski definition) is 7. The molecule has 9 nitrogen and oxygen atoms in total. The average Bonchev–Trinajstić information content (AvgIpc) is 3.04. The summed E-state index contributed by atoms with van der Waals surface area (Å²) in [6.07, 6.45) is 6.28. The molecular weight excluding hydrogens is 410 g/mol. The molecule has 1 aliphatic rings. The average molecular weight is 444 g/mol. The van der Waals surface area contributed by atoms with Gasteiger partial charge in [0.2, 0.25) is 5.91 Å². The number of nitrogens with zero attached hydrogens (tertiary/aromatic N) is 3. The van der Waals surface area contributed by atoms with Gasteiger partial charge in [0, 0.05) is 0 Å². The SMILES string of the molecule is Cc1noc(C)c1-c1ncc(NC(=O)[C@@H](NC(=O)OC(C)(C)C)C2CCC(C)CC2)cn1. The van der Waals surface area contributed by atoms with Crippen molar-refractivity contribution in [3.8, 4) is 11.4 Å². The third-order valence-corrected chi connectivity index (χ3v) is 5.66. The number of amides is 2. The predicted octanol–water partition coefficient (Wildman–Crippen LogP) is 4.41. The van der Waals surface area contributed by atoms with Gasteiger partial charge < -0.3 is 19.9 Å². The lowest BCUT2D eigenvalue weighted by Gasteiger charge is -2.33. The van der Waals surface area contributed by atoms with Crippen LogP contribution in [0.15, 0.2) is 16.9 Å². The van der Waals surface area contributed by atoms with E-state index in [-0.39, 0.29) is 11.8 Å². The van der Waals surface area contributed by atoms with Gasteiger partial charge >= 0.3 is 6.09 Å². The number of carbonyl (C=O) groups excluding carboxylic acids is 2. The number of hydrogen-bond donors (Lipinski definition) is 2. The maximum atomic E-state index is 13.2. The van der Waals surface area contributed by atoms with E-state index in [2.05, 4.69) is 32.7 Å². The zero-order valence-corrected chi connectivity index (χ0v) is 19.7. The number of aromatic nitrogens is 3. The first-order valence-electron chi connectivity index (χ1n) is 11.1. The second kappa shape index (κ2) is 9.67. The van der Waals surface area contributed by atoms with Crippen LogP contribution in [0.1, 0.15) is 64.8 Å². The molecule has 1 atom stereocenters. The lowest BCUT2D eigenvalue weighted by Crippen LogP contribution is -2.50. The molecule has 0 spiro atoms. The summed E-state index contributed by atoms with van der Waals surface area (Å²) in [6.45, 7) is 11.2. The molecule has 0 aliphatic heterocycles. The summed E-state index contributed by atoms with van der Waals surface area (Å²) in [7, 11) is 0. The summed E-state index contributed by atoms with van der Waals surface area (Å²) in [6, 6.07) is -0.695. The van der Waals surface area contributed by atoms with Crippen LogP contribution in [0.25, 0.3) is 11.4 Å². The van der Waals surface area contributed by atoms with Crippen LogP contribution < -0.4 is 10.6 Å². The highest BCUT2D eigenvalue weighted by Crippen LogP contribution is 2.31. The second-order valence-electron chi connectivity index (χ2n) is 9.63. The maximum absolute atomic E-state index is 13.2. The van der Waals surface area contributed by atoms with Crippen molar-refractivity contribution in [3.63, 3.8) is 0 Å². The summed E-state index contributed by atoms with van der Waals surface area (Å²) < 4.78 is 10.6. The van der Waals surface area contributed by atoms with Gasteiger partial charge in [-0.15, -0.1) is 0 Å². The van der Waals surface area contributed by atoms with Crippen LogP contribution in [0, 0.1) is 25.7 Å². The van der Waals surface area contributed by atoms with Gasteiger partial charge in [0.15, 0.2) is 5.82 Å². The van der Waals surface area contributed by atoms with Crippen molar-refractivity contribution in [1.82, 2.24) is 20.4 Å². The van der Waals surface area contributed by atoms with E-state index in [0.717, 1.165) is 31.2 Å². The molecule has 0 radical (unpaired) electrons. The molecule has 2 heterocycles. The van der Waals surface area contributed by atoms with E-state index in [0.29, 0.717) is 28.9 Å². The smallest absolute Gasteiger partial charge is 0.408 e. The van der Waals surface area contributed by atoms with Crippen LogP contribution in [-0.4, -0.2) is 38.8 Å². The van der Waals surface area contributed by atoms with Crippen molar-refractivity contribution in [2.24, 2.45) is 11.8 Å². The van der Waals surface area contributed by atoms with Crippen molar-refractivity contribution in [1.29, 1.82) is 0 Å². The first kappa shape index (κ1) is 23.7. The number of carbonyl (C=O) groups is 2. The fourth-order valence-electron chi connectivity index (χ4n) is 4.00. The standard InChI is InChI=1S/C23H33N5O4/c1-13-7-9-16(10-8-13)19(27-22(30)31-23(4,5)6)21(29)26-17-11-24-20(25-12-17)18-14(2)28-32-15(18)3/h11-13,16,19H,7-10H2,1-6H3,(H,26,29)(H,27,30)/t13?,16?,19-/m0/s1. The van der Waals surface area contributed by atoms with Gasteiger partial charge in [-0.1, -0.05) is 24.9 Å². The van der Waals surface area contributed by atoms with Crippen LogP contribution in [0.4, 0.5) is 10.5 Å². The first-order chi connectivity index (χ1) is 15.0. The Bertz CT molecular complexity index is 921. The van der Waals surface area contributed by atoms with Gasteiger partial charge in [-0.25, -0.2) is 14.8 Å². The number of nitrogens with one attached hydrogen (secondary N) is 2. The van der Waals surface area contributed by atoms with Gasteiger partial charge in [-0.05, 0) is 59.3 Å². The molecule has 0 unspecified atom stereocenters. The van der Waals surface area contributed by atoms with Gasteiger partial charge in [0.1, 0.15) is 17.4 Å². The third kappa shape index (κ3) is 6.05. The molecule has 1 aliphatic carbocycles. The second-order valence-corrected chi connectivity index (χ2v) is 9.63. The van der Waals surface area contributed by atoms with Crippen LogP contribution in [0.3, 0.4) is 0 Å². The van der Waals surface area contributed by atoms with Crippen molar-refractivity contribution >= 4 is 17.7 Å². The molecule has 2 aromatic rings. The Morgan fingerprint density at radius 2 is 1.75 bits per heavy atom. The summed E-state index contributed by atoms with van der Waals surface area (Å²) in [5.41, 5.74) is 1.25. The number of ether oxygens (including phenoxy) is 1. The van der Waals surface area contributed by atoms with Crippen LogP contribution in [0.5, 0.6) is 0 Å². The molecule has 174 valence electrons. The van der Waals surface area contributed by atoms with Gasteiger partial charge in [-0.3, -0.25) is 4.79 Å². The summed E-state index contributed by atoms with van der Waals surface area (Å²) in [4.78, 5) is 34.3. The monoisotopic (exact) mass is 443 g/mol. The Morgan fingerprint density at radius 3 is 2.28 bits per heavy atom. The van der Waals surface area contributed by atoms with E-state index in [4.69, 9.17) is 9.26 Å². The molecule has 1 saturated carbocycles. The van der Waals surface area contributed by atoms with Gasteiger partial charge in [0.05, 0.1) is 29.3 Å². The zero-order valence-electron chi connectivity index (χ0n) is 19.7. The normalized spacial score (nSPS) is 19.8. The summed E-state index contributed by atoms with van der Waals surface area (Å²) in [5, 5.41) is 9.56. The molecule has 9 heteroatoms. The Kier molecular flexibility index (Phi) is 7.16. The first-order valence-corrected chi connectivity index (χ1v) is 11.1. The minimum atomic E-state index is -0.695. The Balaban J connectivity index is 1.73. The molecule has 2 aromatic heterocycles. The van der Waals surface area contributed by atoms with Crippen LogP contribution in [0.2, 0.25) is 0 Å². The summed E-state index contributed by atoms with van der Waals surface area (Å²) >= 11 is 0. The number of alkyl carbamates (subject to hydrolysis) is 1. The lowest BCUT2D eigenvalue weighted by atomic mass is 9.79. The molecule has 0 bridgehead atoms. The van der Waals surface area contributed by atoms with Crippen LogP contribution in [-0.2, 0) is 9.53 Å². The highest BCUT2D eigenvalue weighted by molar-refractivity contribution is 5.96. The third-order valence-electron chi connectivity index (χ3n) is 5.66. The van der Waals surface area contributed by atoms with Crippen molar-refractivity contribution in [3.05, 3.63) is 23.8 Å². The summed E-state index contributed by atoms with van der Waals surface area (Å²) in [5.74, 6) is 1.48. The molecule has 32 heavy (non-hydrogen) atoms. The van der Waals surface area contributed by atoms with E-state index in [9.17, 15) is 9.59 Å². The minimum Gasteiger partial charge on any atom is -0.444 e. The van der Waals surface area contributed by atoms with Crippen molar-refractivity contribution in [2.45, 2.75) is 78.9 Å². The Hall–Kier alpha value is -2.97. The van der Waals surface area contributed by atoms with E-state index >= 15 is 0 Å². The van der Waals surface area contributed by atoms with E-state index in [1.165, 1.54) is 0 Å². The lowest BCUT2D eigenvalue weighted by molar-refractivity contribution is -0.119. The fraction of sp³-hybridized carbons (Fsp3) is 0.609. The largest absolute Gasteiger partial charge is 0.444 e. The van der Waals surface area contributed by atoms with E-state index in [1.807, 2.05) is 6.92 Å². The highest BCUT2D eigenvalue weighted by Gasteiger charge is 2.34. The van der Waals surface area contributed by atoms with E-state index in [1.54, 1.807) is 40.1 Å². The molecule has 2 N–H and O–H groups in total. The highest BCUT2D eigenvalue weighted by atomic mass is 16.6. The topological polar surface area (TPSA) is 119 Å². The molecule has 2 amide bonds. The Morgan fingerprint density at radius 1 is 1.12 bits per heavy atom. The number of rotatable bonds is 5. The van der Waals surface area contributed by atoms with Crippen molar-refractivity contribution in [2.75, 3.05) is 5.32 Å². The molecule has 1 fully saturated rings. The van der Waals surface area contributed by atoms with Gasteiger partial charge in [-0.2, -0.15) is 0 Å². The van der Waals surface area contributed by atoms with Gasteiger partial charge in [0.25, 0.3) is 0 Å². The predicted molar refractivity (Wildman–Crippen MR) is 120 cm³/mol.